The minimum absolute atomic E-state index is 0.0845. The number of fused-ring (bicyclic) bond motifs is 1. The van der Waals surface area contributed by atoms with Crippen molar-refractivity contribution >= 4 is 41.1 Å². The Morgan fingerprint density at radius 3 is 2.28 bits per heavy atom. The molecule has 1 aliphatic carbocycles. The Balaban J connectivity index is 1.30. The van der Waals surface area contributed by atoms with Gasteiger partial charge in [-0.3, -0.25) is 19.4 Å². The Hall–Kier alpha value is -4.62. The van der Waals surface area contributed by atoms with Crippen LogP contribution in [0.25, 0.3) is 0 Å². The van der Waals surface area contributed by atoms with E-state index in [1.54, 1.807) is 37.4 Å². The molecule has 0 bridgehead atoms. The highest BCUT2D eigenvalue weighted by atomic mass is 35.5. The lowest BCUT2D eigenvalue weighted by molar-refractivity contribution is -0.142. The van der Waals surface area contributed by atoms with E-state index in [2.05, 4.69) is 9.88 Å². The zero-order chi connectivity index (χ0) is 41.6. The van der Waals surface area contributed by atoms with Crippen molar-refractivity contribution in [1.29, 1.82) is 0 Å². The number of aromatic nitrogens is 1. The molecule has 2 heterocycles. The third kappa shape index (κ3) is 11.1. The molecule has 0 saturated heterocycles. The molecule has 12 nitrogen and oxygen atoms in total. The lowest BCUT2D eigenvalue weighted by Crippen LogP contribution is -2.46. The van der Waals surface area contributed by atoms with E-state index in [1.165, 1.54) is 18.1 Å². The Morgan fingerprint density at radius 2 is 1.68 bits per heavy atom. The number of methoxy groups -OCH3 is 2. The van der Waals surface area contributed by atoms with Crippen molar-refractivity contribution in [1.82, 2.24) is 14.8 Å². The molecule has 14 heteroatoms. The second-order valence-electron chi connectivity index (χ2n) is 16.3. The zero-order valence-electron chi connectivity index (χ0n) is 34.6. The number of hydrogen-bond donors (Lipinski definition) is 0. The molecular weight excluding hydrogens is 753 g/mol. The first-order chi connectivity index (χ1) is 27.0. The smallest absolute Gasteiger partial charge is 0.410 e. The summed E-state index contributed by atoms with van der Waals surface area (Å²) in [6.45, 7) is 10.9. The van der Waals surface area contributed by atoms with Crippen LogP contribution < -0.4 is 19.3 Å². The summed E-state index contributed by atoms with van der Waals surface area (Å²) in [7, 11) is 6.46. The fraction of sp³-hybridized carbons (Fsp3) is 0.535. The van der Waals surface area contributed by atoms with Gasteiger partial charge in [0, 0.05) is 50.9 Å². The number of rotatable bonds is 14. The Bertz CT molecular complexity index is 1880. The van der Waals surface area contributed by atoms with Gasteiger partial charge in [0.05, 0.1) is 51.2 Å². The summed E-state index contributed by atoms with van der Waals surface area (Å²) < 4.78 is 38.4. The lowest BCUT2D eigenvalue weighted by atomic mass is 9.85. The molecule has 1 aromatic heterocycles. The van der Waals surface area contributed by atoms with Crippen LogP contribution >= 0.6 is 11.6 Å². The van der Waals surface area contributed by atoms with Crippen LogP contribution in [0, 0.1) is 11.7 Å². The number of halogens is 2. The number of pyridine rings is 1. The summed E-state index contributed by atoms with van der Waals surface area (Å²) in [5.41, 5.74) is 2.17. The van der Waals surface area contributed by atoms with Gasteiger partial charge < -0.3 is 28.7 Å². The van der Waals surface area contributed by atoms with Crippen molar-refractivity contribution in [2.75, 3.05) is 64.3 Å². The van der Waals surface area contributed by atoms with Crippen LogP contribution in [0.5, 0.6) is 11.5 Å². The highest BCUT2D eigenvalue weighted by Gasteiger charge is 2.37. The van der Waals surface area contributed by atoms with E-state index >= 15 is 4.39 Å². The monoisotopic (exact) mass is 809 g/mol. The van der Waals surface area contributed by atoms with Gasteiger partial charge in [0.1, 0.15) is 5.60 Å². The maximum absolute atomic E-state index is 16.2. The molecule has 1 unspecified atom stereocenters. The molecule has 2 aromatic carbocycles. The van der Waals surface area contributed by atoms with E-state index in [1.807, 2.05) is 70.8 Å². The second-order valence-corrected chi connectivity index (χ2v) is 16.7. The molecule has 0 spiro atoms. The number of esters is 1. The van der Waals surface area contributed by atoms with Gasteiger partial charge in [0.15, 0.2) is 23.1 Å². The van der Waals surface area contributed by atoms with Crippen molar-refractivity contribution in [3.05, 3.63) is 76.2 Å². The number of carbonyl (C=O) groups is 3. The minimum Gasteiger partial charge on any atom is -0.493 e. The summed E-state index contributed by atoms with van der Waals surface area (Å²) in [6.07, 6.45) is 4.52. The molecule has 2 amide bonds. The number of anilines is 2. The van der Waals surface area contributed by atoms with E-state index < -0.39 is 23.6 Å². The quantitative estimate of drug-likeness (QED) is 0.150. The number of hydrogen-bond acceptors (Lipinski definition) is 10. The van der Waals surface area contributed by atoms with Crippen molar-refractivity contribution in [3.63, 3.8) is 0 Å². The topological polar surface area (TPSA) is 114 Å². The lowest BCUT2D eigenvalue weighted by Gasteiger charge is -2.38. The molecule has 57 heavy (non-hydrogen) atoms. The minimum atomic E-state index is -0.604. The predicted molar refractivity (Wildman–Crippen MR) is 219 cm³/mol. The first kappa shape index (κ1) is 43.5. The number of ether oxygens (including phenoxy) is 4. The number of carbonyl (C=O) groups excluding carboxylic acids is 3. The van der Waals surface area contributed by atoms with E-state index in [0.29, 0.717) is 41.8 Å². The maximum Gasteiger partial charge on any atom is 0.410 e. The van der Waals surface area contributed by atoms with Crippen molar-refractivity contribution < 1.29 is 37.7 Å². The van der Waals surface area contributed by atoms with Crippen LogP contribution in [0.2, 0.25) is 5.02 Å². The molecule has 1 aliphatic heterocycles. The summed E-state index contributed by atoms with van der Waals surface area (Å²) in [4.78, 5) is 50.5. The summed E-state index contributed by atoms with van der Waals surface area (Å²) in [6, 6.07) is 11.9. The van der Waals surface area contributed by atoms with Gasteiger partial charge >= 0.3 is 12.1 Å². The molecule has 0 radical (unpaired) electrons. The normalized spacial score (nSPS) is 18.3. The maximum atomic E-state index is 16.2. The van der Waals surface area contributed by atoms with E-state index in [9.17, 15) is 14.4 Å². The average molecular weight is 810 g/mol. The Labute approximate surface area is 341 Å². The average Bonchev–Trinajstić information content (AvgIpc) is 3.15. The van der Waals surface area contributed by atoms with Gasteiger partial charge in [-0.15, -0.1) is 0 Å². The van der Waals surface area contributed by atoms with Crippen molar-refractivity contribution in [2.24, 2.45) is 5.92 Å². The summed E-state index contributed by atoms with van der Waals surface area (Å²) in [5.74, 6) is 0.481. The molecule has 310 valence electrons. The molecule has 1 saturated carbocycles. The Kier molecular flexibility index (Phi) is 14.3. The molecule has 1 atom stereocenters. The molecule has 1 fully saturated rings. The second kappa shape index (κ2) is 18.8. The largest absolute Gasteiger partial charge is 0.493 e. The number of benzene rings is 2. The van der Waals surface area contributed by atoms with Gasteiger partial charge in [-0.1, -0.05) is 23.7 Å². The SMILES string of the molecule is COC(=O)CN(CCN(C)C(=O)OC(C)(C)C)C1CCC(CN(C)c2ncc(N3C(=O)Cc4cc(OC)c(OC(C)C)cc4C3c3ccc(Cl)cc3)cc2F)CC1. The van der Waals surface area contributed by atoms with Crippen LogP contribution in [-0.4, -0.2) is 105 Å². The first-order valence-electron chi connectivity index (χ1n) is 19.5. The molecule has 3 aromatic rings. The fourth-order valence-corrected chi connectivity index (χ4v) is 7.79. The zero-order valence-corrected chi connectivity index (χ0v) is 35.4. The van der Waals surface area contributed by atoms with Gasteiger partial charge in [0.25, 0.3) is 0 Å². The highest BCUT2D eigenvalue weighted by Crippen LogP contribution is 2.44. The third-order valence-electron chi connectivity index (χ3n) is 10.4. The van der Waals surface area contributed by atoms with Gasteiger partial charge in [-0.2, -0.15) is 0 Å². The number of likely N-dealkylation sites (N-methyl/N-ethyl adjacent to an activating group) is 1. The van der Waals surface area contributed by atoms with Crippen molar-refractivity contribution in [3.8, 4) is 11.5 Å². The standard InChI is InChI=1S/C43H57ClFN5O7/c1-27(2)56-37-23-34-30(20-36(37)54-8)21-38(51)50(40(34)29-12-14-31(44)15-13-29)33-22-35(45)41(46-24-33)48(7)25-28-10-16-32(17-11-28)49(26-39(52)55-9)19-18-47(6)42(53)57-43(3,4)5/h12-15,20,22-24,27-28,32,40H,10-11,16-19,21,25-26H2,1-9H3. The van der Waals surface area contributed by atoms with Crippen molar-refractivity contribution in [2.45, 2.75) is 90.5 Å². The molecule has 2 aliphatic rings. The van der Waals surface area contributed by atoms with E-state index in [4.69, 9.17) is 30.5 Å². The highest BCUT2D eigenvalue weighted by molar-refractivity contribution is 6.30. The predicted octanol–water partition coefficient (Wildman–Crippen LogP) is 7.69. The summed E-state index contributed by atoms with van der Waals surface area (Å²) in [5, 5.41) is 0.557. The molecule has 5 rings (SSSR count). The van der Waals surface area contributed by atoms with Crippen LogP contribution in [0.4, 0.5) is 20.7 Å². The first-order valence-corrected chi connectivity index (χ1v) is 19.9. The van der Waals surface area contributed by atoms with Crippen LogP contribution in [-0.2, 0) is 25.5 Å². The Morgan fingerprint density at radius 1 is 1.00 bits per heavy atom. The van der Waals surface area contributed by atoms with Crippen LogP contribution in [0.3, 0.4) is 0 Å². The van der Waals surface area contributed by atoms with E-state index in [-0.39, 0.29) is 48.7 Å². The molecule has 0 N–H and O–H groups in total. The summed E-state index contributed by atoms with van der Waals surface area (Å²) >= 11 is 6.27. The van der Waals surface area contributed by atoms with Gasteiger partial charge in [-0.25, -0.2) is 14.2 Å². The van der Waals surface area contributed by atoms with Crippen LogP contribution in [0.1, 0.15) is 83.0 Å². The fourth-order valence-electron chi connectivity index (χ4n) is 7.66. The molecular formula is C43H57ClFN5O7. The number of nitrogens with zero attached hydrogens (tertiary/aromatic N) is 5. The third-order valence-corrected chi connectivity index (χ3v) is 10.7. The van der Waals surface area contributed by atoms with Gasteiger partial charge in [-0.05, 0) is 107 Å². The number of amides is 2. The van der Waals surface area contributed by atoms with Crippen LogP contribution in [0.15, 0.2) is 48.7 Å². The van der Waals surface area contributed by atoms with Gasteiger partial charge in [0.2, 0.25) is 5.91 Å². The van der Waals surface area contributed by atoms with E-state index in [0.717, 1.165) is 42.4 Å².